The maximum Gasteiger partial charge on any atom is 0.0696 e. The number of aliphatic hydroxyl groups is 1. The highest BCUT2D eigenvalue weighted by molar-refractivity contribution is 5.04. The predicted molar refractivity (Wildman–Crippen MR) is 44.0 cm³/mol. The molecule has 2 rings (SSSR count). The van der Waals surface area contributed by atoms with Crippen molar-refractivity contribution in [3.8, 4) is 0 Å². The Labute approximate surface area is 67.1 Å². The molecule has 0 bridgehead atoms. The zero-order valence-electron chi connectivity index (χ0n) is 6.61. The molecule has 2 aliphatic rings. The van der Waals surface area contributed by atoms with Gasteiger partial charge in [-0.3, -0.25) is 0 Å². The van der Waals surface area contributed by atoms with Crippen LogP contribution in [-0.4, -0.2) is 17.3 Å². The minimum atomic E-state index is -0.245. The monoisotopic (exact) mass is 153 g/mol. The van der Waals surface area contributed by atoms with E-state index < -0.39 is 0 Å². The van der Waals surface area contributed by atoms with E-state index in [0.29, 0.717) is 11.8 Å². The van der Waals surface area contributed by atoms with Crippen LogP contribution in [0.15, 0.2) is 12.2 Å². The Morgan fingerprint density at radius 2 is 2.00 bits per heavy atom. The average Bonchev–Trinajstić information content (AvgIpc) is 2.30. The first-order chi connectivity index (χ1) is 5.29. The second-order valence-electron chi connectivity index (χ2n) is 3.75. The summed E-state index contributed by atoms with van der Waals surface area (Å²) in [7, 11) is 0. The summed E-state index contributed by atoms with van der Waals surface area (Å²) in [6.07, 6.45) is 7.27. The standard InChI is InChI=1S/C9H15NO/c10-9-7-4-2-1-3-6(7)5-8(9)11/h1-2,6-9,11H,3-5,10H2. The molecule has 0 aromatic rings. The lowest BCUT2D eigenvalue weighted by molar-refractivity contribution is 0.156. The topological polar surface area (TPSA) is 46.2 Å². The molecule has 0 radical (unpaired) electrons. The molecule has 3 N–H and O–H groups in total. The Balaban J connectivity index is 2.12. The maximum absolute atomic E-state index is 9.48. The molecule has 0 aromatic carbocycles. The van der Waals surface area contributed by atoms with Gasteiger partial charge in [0.05, 0.1) is 6.10 Å². The molecule has 0 spiro atoms. The van der Waals surface area contributed by atoms with Crippen LogP contribution in [-0.2, 0) is 0 Å². The lowest BCUT2D eigenvalue weighted by atomic mass is 9.84. The molecule has 2 nitrogen and oxygen atoms in total. The molecule has 0 amide bonds. The quantitative estimate of drug-likeness (QED) is 0.502. The fraction of sp³-hybridized carbons (Fsp3) is 0.778. The van der Waals surface area contributed by atoms with Gasteiger partial charge in [0.25, 0.3) is 0 Å². The molecule has 4 unspecified atom stereocenters. The molecule has 0 saturated heterocycles. The Bertz CT molecular complexity index is 178. The van der Waals surface area contributed by atoms with Crippen molar-refractivity contribution in [2.45, 2.75) is 31.4 Å². The van der Waals surface area contributed by atoms with Gasteiger partial charge in [-0.05, 0) is 31.1 Å². The van der Waals surface area contributed by atoms with Crippen molar-refractivity contribution < 1.29 is 5.11 Å². The highest BCUT2D eigenvalue weighted by atomic mass is 16.3. The van der Waals surface area contributed by atoms with Gasteiger partial charge in [0, 0.05) is 6.04 Å². The minimum Gasteiger partial charge on any atom is -0.391 e. The molecule has 2 heteroatoms. The Morgan fingerprint density at radius 1 is 1.27 bits per heavy atom. The van der Waals surface area contributed by atoms with E-state index in [1.807, 2.05) is 0 Å². The van der Waals surface area contributed by atoms with E-state index in [-0.39, 0.29) is 12.1 Å². The van der Waals surface area contributed by atoms with Gasteiger partial charge in [-0.2, -0.15) is 0 Å². The zero-order chi connectivity index (χ0) is 7.84. The first-order valence-corrected chi connectivity index (χ1v) is 4.37. The SMILES string of the molecule is NC1C(O)CC2CC=CCC21. The van der Waals surface area contributed by atoms with Crippen molar-refractivity contribution in [1.82, 2.24) is 0 Å². The van der Waals surface area contributed by atoms with E-state index in [2.05, 4.69) is 12.2 Å². The summed E-state index contributed by atoms with van der Waals surface area (Å²) in [6, 6.07) is 0.0324. The summed E-state index contributed by atoms with van der Waals surface area (Å²) in [5.74, 6) is 1.21. The van der Waals surface area contributed by atoms with Gasteiger partial charge in [0.1, 0.15) is 0 Å². The molecule has 0 aliphatic heterocycles. The van der Waals surface area contributed by atoms with Crippen LogP contribution in [0.1, 0.15) is 19.3 Å². The minimum absolute atomic E-state index is 0.0324. The predicted octanol–water partition coefficient (Wildman–Crippen LogP) is 0.661. The number of rotatable bonds is 0. The van der Waals surface area contributed by atoms with Crippen LogP contribution < -0.4 is 5.73 Å². The first-order valence-electron chi connectivity index (χ1n) is 4.37. The fourth-order valence-corrected chi connectivity index (χ4v) is 2.39. The smallest absolute Gasteiger partial charge is 0.0696 e. The van der Waals surface area contributed by atoms with E-state index in [9.17, 15) is 5.11 Å². The van der Waals surface area contributed by atoms with Gasteiger partial charge >= 0.3 is 0 Å². The summed E-state index contributed by atoms with van der Waals surface area (Å²) in [5.41, 5.74) is 5.85. The van der Waals surface area contributed by atoms with Crippen LogP contribution in [0.3, 0.4) is 0 Å². The van der Waals surface area contributed by atoms with Gasteiger partial charge in [0.15, 0.2) is 0 Å². The van der Waals surface area contributed by atoms with Crippen molar-refractivity contribution in [2.75, 3.05) is 0 Å². The molecular formula is C9H15NO. The van der Waals surface area contributed by atoms with Crippen LogP contribution >= 0.6 is 0 Å². The summed E-state index contributed by atoms with van der Waals surface area (Å²) < 4.78 is 0. The maximum atomic E-state index is 9.48. The van der Waals surface area contributed by atoms with Crippen molar-refractivity contribution in [3.05, 3.63) is 12.2 Å². The van der Waals surface area contributed by atoms with E-state index in [4.69, 9.17) is 5.73 Å². The average molecular weight is 153 g/mol. The molecule has 62 valence electrons. The van der Waals surface area contributed by atoms with Crippen molar-refractivity contribution in [2.24, 2.45) is 17.6 Å². The molecule has 2 aliphatic carbocycles. The summed E-state index contributed by atoms with van der Waals surface area (Å²) in [4.78, 5) is 0. The van der Waals surface area contributed by atoms with Crippen LogP contribution in [0.5, 0.6) is 0 Å². The lowest BCUT2D eigenvalue weighted by Gasteiger charge is -2.23. The molecule has 1 fully saturated rings. The van der Waals surface area contributed by atoms with Crippen LogP contribution in [0.4, 0.5) is 0 Å². The fourth-order valence-electron chi connectivity index (χ4n) is 2.39. The molecule has 1 saturated carbocycles. The summed E-state index contributed by atoms with van der Waals surface area (Å²) >= 11 is 0. The second-order valence-corrected chi connectivity index (χ2v) is 3.75. The lowest BCUT2D eigenvalue weighted by Crippen LogP contribution is -2.35. The second kappa shape index (κ2) is 2.61. The van der Waals surface area contributed by atoms with Crippen molar-refractivity contribution in [1.29, 1.82) is 0 Å². The number of hydrogen-bond acceptors (Lipinski definition) is 2. The zero-order valence-corrected chi connectivity index (χ0v) is 6.61. The van der Waals surface area contributed by atoms with Crippen molar-refractivity contribution >= 4 is 0 Å². The number of hydrogen-bond donors (Lipinski definition) is 2. The highest BCUT2D eigenvalue weighted by Gasteiger charge is 2.39. The van der Waals surface area contributed by atoms with Gasteiger partial charge in [-0.1, -0.05) is 12.2 Å². The number of nitrogens with two attached hydrogens (primary N) is 1. The summed E-state index contributed by atoms with van der Waals surface area (Å²) in [6.45, 7) is 0. The first kappa shape index (κ1) is 7.32. The van der Waals surface area contributed by atoms with Crippen LogP contribution in [0, 0.1) is 11.8 Å². The Kier molecular flexibility index (Phi) is 1.74. The number of aliphatic hydroxyl groups excluding tert-OH is 1. The molecular weight excluding hydrogens is 138 g/mol. The summed E-state index contributed by atoms with van der Waals surface area (Å²) in [5, 5.41) is 9.48. The van der Waals surface area contributed by atoms with Gasteiger partial charge in [-0.15, -0.1) is 0 Å². The van der Waals surface area contributed by atoms with E-state index >= 15 is 0 Å². The Morgan fingerprint density at radius 3 is 2.73 bits per heavy atom. The Hall–Kier alpha value is -0.340. The van der Waals surface area contributed by atoms with Gasteiger partial charge < -0.3 is 10.8 Å². The van der Waals surface area contributed by atoms with E-state index in [1.54, 1.807) is 0 Å². The third-order valence-corrected chi connectivity index (χ3v) is 3.10. The third kappa shape index (κ3) is 1.10. The molecule has 0 heterocycles. The van der Waals surface area contributed by atoms with E-state index in [0.717, 1.165) is 19.3 Å². The van der Waals surface area contributed by atoms with Crippen molar-refractivity contribution in [3.63, 3.8) is 0 Å². The molecule has 0 aromatic heterocycles. The van der Waals surface area contributed by atoms with Gasteiger partial charge in [-0.25, -0.2) is 0 Å². The number of allylic oxidation sites excluding steroid dienone is 2. The molecule has 11 heavy (non-hydrogen) atoms. The third-order valence-electron chi connectivity index (χ3n) is 3.10. The van der Waals surface area contributed by atoms with Gasteiger partial charge in [0.2, 0.25) is 0 Å². The number of fused-ring (bicyclic) bond motifs is 1. The van der Waals surface area contributed by atoms with Crippen LogP contribution in [0.25, 0.3) is 0 Å². The highest BCUT2D eigenvalue weighted by Crippen LogP contribution is 2.38. The largest absolute Gasteiger partial charge is 0.391 e. The molecule has 4 atom stereocenters. The van der Waals surface area contributed by atoms with E-state index in [1.165, 1.54) is 0 Å². The van der Waals surface area contributed by atoms with Crippen LogP contribution in [0.2, 0.25) is 0 Å². The normalized spacial score (nSPS) is 49.3.